The van der Waals surface area contributed by atoms with Crippen LogP contribution in [0.2, 0.25) is 0 Å². The minimum Gasteiger partial charge on any atom is -0.488 e. The molecule has 0 saturated carbocycles. The van der Waals surface area contributed by atoms with E-state index >= 15 is 0 Å². The Kier molecular flexibility index (Phi) is 8.44. The van der Waals surface area contributed by atoms with E-state index in [0.29, 0.717) is 31.1 Å². The molecule has 1 aromatic heterocycles. The van der Waals surface area contributed by atoms with Crippen LogP contribution in [0.4, 0.5) is 5.69 Å². The van der Waals surface area contributed by atoms with E-state index in [-0.39, 0.29) is 6.61 Å². The molecule has 1 N–H and O–H groups in total. The lowest BCUT2D eigenvalue weighted by Gasteiger charge is -2.15. The van der Waals surface area contributed by atoms with E-state index in [0.717, 1.165) is 41.1 Å². The predicted molar refractivity (Wildman–Crippen MR) is 148 cm³/mol. The summed E-state index contributed by atoms with van der Waals surface area (Å²) in [5.74, 6) is 0.0440. The summed E-state index contributed by atoms with van der Waals surface area (Å²) in [5.41, 5.74) is 6.44. The van der Waals surface area contributed by atoms with Crippen molar-refractivity contribution in [2.75, 3.05) is 18.5 Å². The largest absolute Gasteiger partial charge is 0.488 e. The molecule has 0 spiro atoms. The molecule has 0 radical (unpaired) electrons. The second-order valence-electron chi connectivity index (χ2n) is 9.01. The first kappa shape index (κ1) is 25.2. The third kappa shape index (κ3) is 6.87. The molecule has 5 rings (SSSR count). The number of ether oxygens (including phenoxy) is 3. The van der Waals surface area contributed by atoms with Gasteiger partial charge in [-0.15, -0.1) is 0 Å². The van der Waals surface area contributed by atoms with Crippen molar-refractivity contribution in [3.05, 3.63) is 131 Å². The summed E-state index contributed by atoms with van der Waals surface area (Å²) in [6.45, 7) is 2.51. The molecule has 0 atom stereocenters. The van der Waals surface area contributed by atoms with Crippen molar-refractivity contribution in [3.8, 4) is 5.75 Å². The maximum absolute atomic E-state index is 13.0. The van der Waals surface area contributed by atoms with Gasteiger partial charge in [-0.05, 0) is 46.9 Å². The molecule has 0 fully saturated rings. The number of carbonyl (C=O) groups is 1. The van der Waals surface area contributed by atoms with Crippen molar-refractivity contribution in [1.29, 1.82) is 0 Å². The summed E-state index contributed by atoms with van der Waals surface area (Å²) < 4.78 is 17.1. The van der Waals surface area contributed by atoms with Gasteiger partial charge in [0.05, 0.1) is 18.9 Å². The van der Waals surface area contributed by atoms with Gasteiger partial charge < -0.3 is 19.5 Å². The maximum Gasteiger partial charge on any atom is 0.342 e. The van der Waals surface area contributed by atoms with Crippen LogP contribution >= 0.6 is 0 Å². The van der Waals surface area contributed by atoms with Gasteiger partial charge in [-0.1, -0.05) is 72.8 Å². The fourth-order valence-corrected chi connectivity index (χ4v) is 4.14. The molecule has 3 aromatic carbocycles. The standard InChI is InChI=1S/C32H30N2O4/c35-32(38-23-25-9-5-2-6-10-25)29-13-12-28(19-31(29)37-22-24-7-3-1-4-8-24)33-20-26-11-14-30(34-21-26)27-15-17-36-18-16-27/h1-15,19,21,33H,16-18,20,22-23H2. The van der Waals surface area contributed by atoms with Gasteiger partial charge in [0.15, 0.2) is 0 Å². The Labute approximate surface area is 222 Å². The summed E-state index contributed by atoms with van der Waals surface area (Å²) in [4.78, 5) is 17.6. The SMILES string of the molecule is O=C(OCc1ccccc1)c1ccc(NCc2ccc(C3=CCOCC3)nc2)cc1OCc1ccccc1. The third-order valence-corrected chi connectivity index (χ3v) is 6.27. The molecule has 4 aromatic rings. The quantitative estimate of drug-likeness (QED) is 0.250. The molecule has 1 aliphatic rings. The fraction of sp³-hybridized carbons (Fsp3) is 0.188. The van der Waals surface area contributed by atoms with Crippen molar-refractivity contribution in [2.45, 2.75) is 26.2 Å². The van der Waals surface area contributed by atoms with Crippen LogP contribution in [-0.2, 0) is 29.2 Å². The van der Waals surface area contributed by atoms with E-state index in [1.807, 2.05) is 79.0 Å². The van der Waals surface area contributed by atoms with E-state index in [4.69, 9.17) is 14.2 Å². The van der Waals surface area contributed by atoms with Crippen LogP contribution in [0.3, 0.4) is 0 Å². The van der Waals surface area contributed by atoms with Gasteiger partial charge in [-0.25, -0.2) is 4.79 Å². The number of aromatic nitrogens is 1. The van der Waals surface area contributed by atoms with Crippen LogP contribution in [0.5, 0.6) is 5.75 Å². The van der Waals surface area contributed by atoms with Gasteiger partial charge in [-0.3, -0.25) is 4.98 Å². The molecular formula is C32H30N2O4. The molecule has 0 aliphatic carbocycles. The van der Waals surface area contributed by atoms with E-state index in [1.165, 1.54) is 5.57 Å². The number of nitrogens with zero attached hydrogens (tertiary/aromatic N) is 1. The minimum atomic E-state index is -0.425. The van der Waals surface area contributed by atoms with E-state index in [1.54, 1.807) is 6.07 Å². The smallest absolute Gasteiger partial charge is 0.342 e. The van der Waals surface area contributed by atoms with Crippen molar-refractivity contribution in [3.63, 3.8) is 0 Å². The van der Waals surface area contributed by atoms with Crippen LogP contribution in [0.25, 0.3) is 5.57 Å². The summed E-state index contributed by atoms with van der Waals surface area (Å²) in [6, 6.07) is 29.1. The first-order valence-electron chi connectivity index (χ1n) is 12.7. The van der Waals surface area contributed by atoms with Gasteiger partial charge in [0.25, 0.3) is 0 Å². The van der Waals surface area contributed by atoms with Gasteiger partial charge in [-0.2, -0.15) is 0 Å². The Bertz CT molecular complexity index is 1370. The first-order valence-corrected chi connectivity index (χ1v) is 12.7. The van der Waals surface area contributed by atoms with Gasteiger partial charge in [0.1, 0.15) is 24.5 Å². The van der Waals surface area contributed by atoms with Crippen molar-refractivity contribution >= 4 is 17.2 Å². The number of rotatable bonds is 10. The van der Waals surface area contributed by atoms with Crippen LogP contribution < -0.4 is 10.1 Å². The van der Waals surface area contributed by atoms with Crippen molar-refractivity contribution in [2.24, 2.45) is 0 Å². The molecule has 38 heavy (non-hydrogen) atoms. The summed E-state index contributed by atoms with van der Waals surface area (Å²) in [6.07, 6.45) is 4.87. The van der Waals surface area contributed by atoms with Gasteiger partial charge >= 0.3 is 5.97 Å². The Balaban J connectivity index is 1.27. The lowest BCUT2D eigenvalue weighted by Crippen LogP contribution is -2.09. The molecular weight excluding hydrogens is 476 g/mol. The molecule has 2 heterocycles. The number of carbonyl (C=O) groups excluding carboxylic acids is 1. The zero-order chi connectivity index (χ0) is 26.0. The normalized spacial score (nSPS) is 12.9. The number of benzene rings is 3. The Morgan fingerprint density at radius 2 is 1.63 bits per heavy atom. The van der Waals surface area contributed by atoms with Gasteiger partial charge in [0, 0.05) is 24.5 Å². The van der Waals surface area contributed by atoms with Crippen LogP contribution in [-0.4, -0.2) is 24.2 Å². The molecule has 192 valence electrons. The van der Waals surface area contributed by atoms with Crippen LogP contribution in [0.1, 0.15) is 39.2 Å². The highest BCUT2D eigenvalue weighted by atomic mass is 16.5. The average Bonchev–Trinajstić information content (AvgIpc) is 2.99. The predicted octanol–water partition coefficient (Wildman–Crippen LogP) is 6.43. The Morgan fingerprint density at radius 3 is 2.32 bits per heavy atom. The molecule has 6 heteroatoms. The third-order valence-electron chi connectivity index (χ3n) is 6.27. The van der Waals surface area contributed by atoms with Crippen LogP contribution in [0.15, 0.2) is 103 Å². The summed E-state index contributed by atoms with van der Waals surface area (Å²) in [5, 5.41) is 3.42. The monoisotopic (exact) mass is 506 g/mol. The summed E-state index contributed by atoms with van der Waals surface area (Å²) >= 11 is 0. The fourth-order valence-electron chi connectivity index (χ4n) is 4.14. The van der Waals surface area contributed by atoms with E-state index in [9.17, 15) is 4.79 Å². The molecule has 1 aliphatic heterocycles. The highest BCUT2D eigenvalue weighted by molar-refractivity contribution is 5.93. The number of esters is 1. The van der Waals surface area contributed by atoms with E-state index in [2.05, 4.69) is 28.5 Å². The first-order chi connectivity index (χ1) is 18.7. The number of anilines is 1. The van der Waals surface area contributed by atoms with Crippen molar-refractivity contribution < 1.29 is 19.0 Å². The second kappa shape index (κ2) is 12.7. The highest BCUT2D eigenvalue weighted by Gasteiger charge is 2.16. The molecule has 0 amide bonds. The van der Waals surface area contributed by atoms with Crippen molar-refractivity contribution in [1.82, 2.24) is 4.98 Å². The number of nitrogens with one attached hydrogen (secondary N) is 1. The van der Waals surface area contributed by atoms with Crippen LogP contribution in [0, 0.1) is 0 Å². The second-order valence-corrected chi connectivity index (χ2v) is 9.01. The highest BCUT2D eigenvalue weighted by Crippen LogP contribution is 2.26. The topological polar surface area (TPSA) is 69.7 Å². The Hall–Kier alpha value is -4.42. The maximum atomic E-state index is 13.0. The Morgan fingerprint density at radius 1 is 0.868 bits per heavy atom. The zero-order valence-corrected chi connectivity index (χ0v) is 21.1. The lowest BCUT2D eigenvalue weighted by atomic mass is 10.1. The lowest BCUT2D eigenvalue weighted by molar-refractivity contribution is 0.0467. The number of pyridine rings is 1. The van der Waals surface area contributed by atoms with Gasteiger partial charge in [0.2, 0.25) is 0 Å². The molecule has 6 nitrogen and oxygen atoms in total. The molecule has 0 unspecified atom stereocenters. The minimum absolute atomic E-state index is 0.199. The average molecular weight is 507 g/mol. The number of hydrogen-bond acceptors (Lipinski definition) is 6. The molecule has 0 saturated heterocycles. The summed E-state index contributed by atoms with van der Waals surface area (Å²) in [7, 11) is 0. The van der Waals surface area contributed by atoms with E-state index < -0.39 is 5.97 Å². The number of hydrogen-bond donors (Lipinski definition) is 1. The molecule has 0 bridgehead atoms. The zero-order valence-electron chi connectivity index (χ0n) is 21.1.